The standard InChI is InChI=1S/C17H25N5O3/c23-14-19-25-17(24)16(21-8-2-1-3-9-21)22-12-10-20(11-13-22)15-4-6-18-7-5-15/h4-7,14,16H,1-3,8-13H2,(H,19,23). The summed E-state index contributed by atoms with van der Waals surface area (Å²) < 4.78 is 0. The molecule has 8 nitrogen and oxygen atoms in total. The van der Waals surface area contributed by atoms with Crippen molar-refractivity contribution in [2.24, 2.45) is 0 Å². The van der Waals surface area contributed by atoms with Crippen LogP contribution in [0.3, 0.4) is 0 Å². The highest BCUT2D eigenvalue weighted by Crippen LogP contribution is 2.20. The highest BCUT2D eigenvalue weighted by Gasteiger charge is 2.36. The number of pyridine rings is 1. The Morgan fingerprint density at radius 2 is 1.68 bits per heavy atom. The van der Waals surface area contributed by atoms with Gasteiger partial charge in [0.25, 0.3) is 0 Å². The van der Waals surface area contributed by atoms with Crippen LogP contribution in [0.15, 0.2) is 24.5 Å². The Hall–Kier alpha value is -2.19. The van der Waals surface area contributed by atoms with E-state index in [0.717, 1.165) is 57.8 Å². The van der Waals surface area contributed by atoms with Crippen LogP contribution in [0.2, 0.25) is 0 Å². The summed E-state index contributed by atoms with van der Waals surface area (Å²) in [5.41, 5.74) is 3.19. The first-order valence-electron chi connectivity index (χ1n) is 8.82. The minimum atomic E-state index is -0.438. The maximum absolute atomic E-state index is 12.5. The molecule has 2 aliphatic heterocycles. The van der Waals surface area contributed by atoms with Gasteiger partial charge in [-0.05, 0) is 25.0 Å². The number of carbonyl (C=O) groups excluding carboxylic acids is 2. The molecule has 0 radical (unpaired) electrons. The van der Waals surface area contributed by atoms with Crippen molar-refractivity contribution in [1.82, 2.24) is 20.3 Å². The van der Waals surface area contributed by atoms with Gasteiger partial charge in [-0.2, -0.15) is 5.48 Å². The number of hydrogen-bond acceptors (Lipinski definition) is 7. The number of piperazine rings is 1. The summed E-state index contributed by atoms with van der Waals surface area (Å²) >= 11 is 0. The fourth-order valence-corrected chi connectivity index (χ4v) is 3.61. The number of nitrogens with zero attached hydrogens (tertiary/aromatic N) is 4. The van der Waals surface area contributed by atoms with E-state index in [1.807, 2.05) is 17.6 Å². The third-order valence-corrected chi connectivity index (χ3v) is 4.84. The van der Waals surface area contributed by atoms with Gasteiger partial charge >= 0.3 is 5.97 Å². The van der Waals surface area contributed by atoms with Crippen molar-refractivity contribution in [1.29, 1.82) is 0 Å². The lowest BCUT2D eigenvalue weighted by molar-refractivity contribution is -0.168. The van der Waals surface area contributed by atoms with E-state index >= 15 is 0 Å². The molecule has 2 aliphatic rings. The van der Waals surface area contributed by atoms with Crippen LogP contribution >= 0.6 is 0 Å². The molecule has 1 N–H and O–H groups in total. The second kappa shape index (κ2) is 8.77. The smallest absolute Gasteiger partial charge is 0.363 e. The molecule has 0 aromatic carbocycles. The van der Waals surface area contributed by atoms with Gasteiger partial charge in [-0.1, -0.05) is 6.42 Å². The van der Waals surface area contributed by atoms with Crippen LogP contribution in [0.4, 0.5) is 5.69 Å². The van der Waals surface area contributed by atoms with E-state index in [2.05, 4.69) is 19.7 Å². The number of hydroxylamine groups is 1. The molecule has 2 fully saturated rings. The SMILES string of the molecule is O=CNOC(=O)C(N1CCCCC1)N1CCN(c2ccncc2)CC1. The Balaban J connectivity index is 1.64. The van der Waals surface area contributed by atoms with Crippen molar-refractivity contribution in [3.05, 3.63) is 24.5 Å². The molecular weight excluding hydrogens is 322 g/mol. The van der Waals surface area contributed by atoms with Gasteiger partial charge in [0.1, 0.15) is 0 Å². The summed E-state index contributed by atoms with van der Waals surface area (Å²) in [5.74, 6) is -0.411. The molecule has 1 amide bonds. The minimum Gasteiger partial charge on any atom is -0.369 e. The minimum absolute atomic E-state index is 0.381. The molecule has 25 heavy (non-hydrogen) atoms. The molecule has 0 spiro atoms. The van der Waals surface area contributed by atoms with Gasteiger partial charge in [0, 0.05) is 57.3 Å². The van der Waals surface area contributed by atoms with Crippen molar-refractivity contribution in [3.63, 3.8) is 0 Å². The molecular formula is C17H25N5O3. The Bertz CT molecular complexity index is 557. The van der Waals surface area contributed by atoms with E-state index < -0.39 is 12.1 Å². The Morgan fingerprint density at radius 3 is 2.32 bits per heavy atom. The molecule has 1 aromatic heterocycles. The molecule has 1 unspecified atom stereocenters. The monoisotopic (exact) mass is 347 g/mol. The maximum atomic E-state index is 12.5. The fourth-order valence-electron chi connectivity index (χ4n) is 3.61. The Morgan fingerprint density at radius 1 is 1.04 bits per heavy atom. The number of piperidine rings is 1. The van der Waals surface area contributed by atoms with E-state index in [4.69, 9.17) is 4.84 Å². The number of rotatable bonds is 6. The first kappa shape index (κ1) is 17.6. The van der Waals surface area contributed by atoms with Gasteiger partial charge in [-0.25, -0.2) is 4.79 Å². The zero-order chi connectivity index (χ0) is 17.5. The molecule has 0 saturated carbocycles. The molecule has 1 aromatic rings. The first-order chi connectivity index (χ1) is 12.3. The number of hydrogen-bond donors (Lipinski definition) is 1. The number of nitrogens with one attached hydrogen (secondary N) is 1. The van der Waals surface area contributed by atoms with Crippen LogP contribution in [0.5, 0.6) is 0 Å². The van der Waals surface area contributed by atoms with Crippen molar-refractivity contribution in [2.75, 3.05) is 44.2 Å². The van der Waals surface area contributed by atoms with Crippen LogP contribution in [0, 0.1) is 0 Å². The molecule has 2 saturated heterocycles. The van der Waals surface area contributed by atoms with Crippen molar-refractivity contribution in [2.45, 2.75) is 25.4 Å². The van der Waals surface area contributed by atoms with E-state index in [0.29, 0.717) is 6.41 Å². The predicted octanol–water partition coefficient (Wildman–Crippen LogP) is 0.220. The molecule has 1 atom stereocenters. The van der Waals surface area contributed by atoms with Crippen LogP contribution in [0.25, 0.3) is 0 Å². The topological polar surface area (TPSA) is 78.0 Å². The average Bonchev–Trinajstić information content (AvgIpc) is 2.69. The molecule has 0 aliphatic carbocycles. The molecule has 3 rings (SSSR count). The zero-order valence-corrected chi connectivity index (χ0v) is 14.3. The Kier molecular flexibility index (Phi) is 6.19. The van der Waals surface area contributed by atoms with Gasteiger partial charge in [0.15, 0.2) is 6.17 Å². The van der Waals surface area contributed by atoms with Crippen LogP contribution < -0.4 is 10.4 Å². The lowest BCUT2D eigenvalue weighted by atomic mass is 10.1. The molecule has 0 bridgehead atoms. The third kappa shape index (κ3) is 4.46. The second-order valence-electron chi connectivity index (χ2n) is 6.36. The van der Waals surface area contributed by atoms with Gasteiger partial charge in [-0.15, -0.1) is 0 Å². The second-order valence-corrected chi connectivity index (χ2v) is 6.36. The maximum Gasteiger partial charge on any atom is 0.363 e. The van der Waals surface area contributed by atoms with Crippen molar-refractivity contribution >= 4 is 18.1 Å². The summed E-state index contributed by atoms with van der Waals surface area (Å²) in [6.45, 7) is 4.96. The number of likely N-dealkylation sites (tertiary alicyclic amines) is 1. The number of aromatic nitrogens is 1. The van der Waals surface area contributed by atoms with Crippen molar-refractivity contribution in [3.8, 4) is 0 Å². The number of carbonyl (C=O) groups is 2. The van der Waals surface area contributed by atoms with Gasteiger partial charge in [0.05, 0.1) is 0 Å². The Labute approximate surface area is 147 Å². The number of amides is 1. The predicted molar refractivity (Wildman–Crippen MR) is 92.5 cm³/mol. The van der Waals surface area contributed by atoms with Gasteiger partial charge < -0.3 is 9.74 Å². The highest BCUT2D eigenvalue weighted by molar-refractivity contribution is 5.76. The summed E-state index contributed by atoms with van der Waals surface area (Å²) in [4.78, 5) is 38.5. The van der Waals surface area contributed by atoms with E-state index in [-0.39, 0.29) is 0 Å². The van der Waals surface area contributed by atoms with E-state index in [1.54, 1.807) is 12.4 Å². The van der Waals surface area contributed by atoms with Crippen molar-refractivity contribution < 1.29 is 14.4 Å². The summed E-state index contributed by atoms with van der Waals surface area (Å²) in [7, 11) is 0. The lowest BCUT2D eigenvalue weighted by Crippen LogP contribution is -2.60. The third-order valence-electron chi connectivity index (χ3n) is 4.84. The average molecular weight is 347 g/mol. The first-order valence-corrected chi connectivity index (χ1v) is 8.82. The van der Waals surface area contributed by atoms with E-state index in [9.17, 15) is 9.59 Å². The van der Waals surface area contributed by atoms with Crippen LogP contribution in [-0.4, -0.2) is 72.6 Å². The molecule has 8 heteroatoms. The fraction of sp³-hybridized carbons (Fsp3) is 0.588. The quantitative estimate of drug-likeness (QED) is 0.583. The van der Waals surface area contributed by atoms with E-state index in [1.165, 1.54) is 6.42 Å². The summed E-state index contributed by atoms with van der Waals surface area (Å²) in [6.07, 6.45) is 6.89. The zero-order valence-electron chi connectivity index (χ0n) is 14.3. The van der Waals surface area contributed by atoms with Crippen LogP contribution in [0.1, 0.15) is 19.3 Å². The van der Waals surface area contributed by atoms with Gasteiger partial charge in [0.2, 0.25) is 6.41 Å². The van der Waals surface area contributed by atoms with Crippen LogP contribution in [-0.2, 0) is 14.4 Å². The largest absolute Gasteiger partial charge is 0.369 e. The molecule has 3 heterocycles. The summed E-state index contributed by atoms with van der Waals surface area (Å²) in [5, 5.41) is 0. The highest BCUT2D eigenvalue weighted by atomic mass is 16.7. The molecule has 136 valence electrons. The lowest BCUT2D eigenvalue weighted by Gasteiger charge is -2.43. The normalized spacial score (nSPS) is 20.7. The van der Waals surface area contributed by atoms with Gasteiger partial charge in [-0.3, -0.25) is 19.6 Å². The summed E-state index contributed by atoms with van der Waals surface area (Å²) in [6, 6.07) is 4.00. The number of anilines is 1.